The maximum absolute atomic E-state index is 12.3. The second-order valence-electron chi connectivity index (χ2n) is 8.27. The number of halogens is 1. The van der Waals surface area contributed by atoms with Crippen LogP contribution in [0.25, 0.3) is 22.8 Å². The summed E-state index contributed by atoms with van der Waals surface area (Å²) in [4.78, 5) is 35.8. The minimum absolute atomic E-state index is 0.191. The molecule has 31 heavy (non-hydrogen) atoms. The van der Waals surface area contributed by atoms with Gasteiger partial charge < -0.3 is 4.74 Å². The van der Waals surface area contributed by atoms with Crippen LogP contribution in [0.1, 0.15) is 39.7 Å². The van der Waals surface area contributed by atoms with E-state index in [9.17, 15) is 9.59 Å². The molecule has 0 saturated heterocycles. The van der Waals surface area contributed by atoms with Crippen molar-refractivity contribution in [3.8, 4) is 28.5 Å². The van der Waals surface area contributed by atoms with Crippen LogP contribution in [-0.4, -0.2) is 27.3 Å². The van der Waals surface area contributed by atoms with Gasteiger partial charge in [-0.25, -0.2) is 9.78 Å². The van der Waals surface area contributed by atoms with E-state index in [1.807, 2.05) is 58.0 Å². The van der Waals surface area contributed by atoms with Gasteiger partial charge in [0.1, 0.15) is 17.4 Å². The third kappa shape index (κ3) is 5.79. The second-order valence-corrected chi connectivity index (χ2v) is 8.68. The van der Waals surface area contributed by atoms with Crippen molar-refractivity contribution in [2.24, 2.45) is 5.41 Å². The Balaban J connectivity index is 1.95. The minimum atomic E-state index is -0.522. The number of nitrogens with one attached hydrogen (secondary N) is 1. The molecule has 1 N–H and O–H groups in total. The molecule has 1 aromatic heterocycles. The molecule has 0 unspecified atom stereocenters. The zero-order valence-electron chi connectivity index (χ0n) is 18.2. The van der Waals surface area contributed by atoms with Crippen molar-refractivity contribution in [3.63, 3.8) is 0 Å². The Morgan fingerprint density at radius 3 is 2.61 bits per heavy atom. The van der Waals surface area contributed by atoms with Crippen molar-refractivity contribution in [2.75, 3.05) is 6.61 Å². The van der Waals surface area contributed by atoms with Crippen molar-refractivity contribution < 1.29 is 9.53 Å². The van der Waals surface area contributed by atoms with Crippen molar-refractivity contribution in [3.05, 3.63) is 63.5 Å². The smallest absolute Gasteiger partial charge is 0.348 e. The molecule has 6 nitrogen and oxygen atoms in total. The predicted octanol–water partition coefficient (Wildman–Crippen LogP) is 5.10. The molecule has 1 heterocycles. The number of carbonyl (C=O) groups excluding carboxylic acids is 1. The maximum Gasteiger partial charge on any atom is 0.348 e. The topological polar surface area (TPSA) is 84.9 Å². The molecule has 0 bridgehead atoms. The quantitative estimate of drug-likeness (QED) is 0.553. The average Bonchev–Trinajstić information content (AvgIpc) is 2.72. The Bertz CT molecular complexity index is 1150. The fourth-order valence-corrected chi connectivity index (χ4v) is 3.28. The van der Waals surface area contributed by atoms with Crippen LogP contribution in [-0.2, 0) is 11.2 Å². The molecule has 7 heteroatoms. The summed E-state index contributed by atoms with van der Waals surface area (Å²) in [5.74, 6) is 1.47. The number of Topliss-reactive ketones (excluding diaryl/α,β-unsaturated/α-hetero) is 1. The van der Waals surface area contributed by atoms with Crippen LogP contribution in [0.2, 0.25) is 5.02 Å². The first-order valence-electron chi connectivity index (χ1n) is 10.2. The van der Waals surface area contributed by atoms with Gasteiger partial charge in [0, 0.05) is 23.0 Å². The molecule has 2 aromatic carbocycles. The lowest BCUT2D eigenvalue weighted by Crippen LogP contribution is -2.20. The van der Waals surface area contributed by atoms with E-state index in [0.717, 1.165) is 5.56 Å². The molecular weight excluding hydrogens is 414 g/mol. The highest BCUT2D eigenvalue weighted by Gasteiger charge is 2.20. The third-order valence-electron chi connectivity index (χ3n) is 4.82. The summed E-state index contributed by atoms with van der Waals surface area (Å²) in [5, 5.41) is 0.453. The Kier molecular flexibility index (Phi) is 6.91. The van der Waals surface area contributed by atoms with E-state index < -0.39 is 5.69 Å². The Morgan fingerprint density at radius 1 is 1.13 bits per heavy atom. The molecule has 0 fully saturated rings. The number of hydrogen-bond acceptors (Lipinski definition) is 5. The monoisotopic (exact) mass is 439 g/mol. The zero-order chi connectivity index (χ0) is 22.6. The van der Waals surface area contributed by atoms with Crippen LogP contribution in [0, 0.1) is 5.41 Å². The maximum atomic E-state index is 12.3. The molecule has 0 aliphatic rings. The molecule has 162 valence electrons. The second kappa shape index (κ2) is 9.43. The molecule has 0 saturated carbocycles. The Hall–Kier alpha value is -2.99. The zero-order valence-corrected chi connectivity index (χ0v) is 18.9. The number of benzene rings is 2. The van der Waals surface area contributed by atoms with Crippen LogP contribution >= 0.6 is 11.6 Å². The van der Waals surface area contributed by atoms with E-state index in [4.69, 9.17) is 16.3 Å². The summed E-state index contributed by atoms with van der Waals surface area (Å²) in [7, 11) is 0. The fourth-order valence-electron chi connectivity index (χ4n) is 3.07. The van der Waals surface area contributed by atoms with E-state index in [1.165, 1.54) is 0 Å². The molecule has 0 radical (unpaired) electrons. The highest BCUT2D eigenvalue weighted by atomic mass is 35.5. The van der Waals surface area contributed by atoms with E-state index >= 15 is 0 Å². The van der Waals surface area contributed by atoms with Crippen molar-refractivity contribution in [2.45, 2.75) is 40.5 Å². The van der Waals surface area contributed by atoms with E-state index in [1.54, 1.807) is 12.1 Å². The normalized spacial score (nSPS) is 11.4. The lowest BCUT2D eigenvalue weighted by atomic mass is 9.87. The van der Waals surface area contributed by atoms with Crippen LogP contribution in [0.3, 0.4) is 0 Å². The lowest BCUT2D eigenvalue weighted by Gasteiger charge is -2.16. The van der Waals surface area contributed by atoms with Gasteiger partial charge >= 0.3 is 5.69 Å². The Morgan fingerprint density at radius 2 is 1.90 bits per heavy atom. The van der Waals surface area contributed by atoms with Gasteiger partial charge in [0.15, 0.2) is 5.82 Å². The molecule has 3 rings (SSSR count). The van der Waals surface area contributed by atoms with Crippen molar-refractivity contribution in [1.29, 1.82) is 0 Å². The number of aromatic nitrogens is 3. The summed E-state index contributed by atoms with van der Waals surface area (Å²) in [6.45, 7) is 8.17. The number of hydrogen-bond donors (Lipinski definition) is 1. The summed E-state index contributed by atoms with van der Waals surface area (Å²) < 4.78 is 5.53. The van der Waals surface area contributed by atoms with E-state index in [0.29, 0.717) is 47.2 Å². The highest BCUT2D eigenvalue weighted by molar-refractivity contribution is 6.33. The number of ketones is 1. The average molecular weight is 440 g/mol. The first-order valence-corrected chi connectivity index (χ1v) is 10.6. The third-order valence-corrected chi connectivity index (χ3v) is 5.15. The molecule has 0 aliphatic carbocycles. The van der Waals surface area contributed by atoms with E-state index in [2.05, 4.69) is 15.0 Å². The molecular formula is C24H26ClN3O3. The molecule has 3 aromatic rings. The van der Waals surface area contributed by atoms with Gasteiger partial charge in [-0.15, -0.1) is 0 Å². The molecule has 0 atom stereocenters. The lowest BCUT2D eigenvalue weighted by molar-refractivity contribution is -0.126. The first kappa shape index (κ1) is 22.7. The fraction of sp³-hybridized carbons (Fsp3) is 0.333. The van der Waals surface area contributed by atoms with Crippen LogP contribution < -0.4 is 10.4 Å². The van der Waals surface area contributed by atoms with Gasteiger partial charge in [0.2, 0.25) is 0 Å². The van der Waals surface area contributed by atoms with E-state index in [-0.39, 0.29) is 17.0 Å². The van der Waals surface area contributed by atoms with Gasteiger partial charge in [0.25, 0.3) is 0 Å². The summed E-state index contributed by atoms with van der Waals surface area (Å²) >= 11 is 6.41. The summed E-state index contributed by atoms with van der Waals surface area (Å²) in [6, 6.07) is 12.8. The van der Waals surface area contributed by atoms with Crippen LogP contribution in [0.4, 0.5) is 0 Å². The first-order chi connectivity index (χ1) is 14.7. The standard InChI is InChI=1S/C24H26ClN3O3/c1-5-31-17-8-6-7-16(14-17)21-26-22(28-23(30)27-21)18-13-15(9-11-19(18)25)10-12-20(29)24(2,3)4/h6-9,11,13-14H,5,10,12H2,1-4H3,(H,26,27,28,30). The molecule has 0 aliphatic heterocycles. The number of aryl methyl sites for hydroxylation is 1. The van der Waals surface area contributed by atoms with Gasteiger partial charge in [-0.1, -0.05) is 50.6 Å². The number of nitrogens with zero attached hydrogens (tertiary/aromatic N) is 2. The van der Waals surface area contributed by atoms with Gasteiger partial charge in [0.05, 0.1) is 11.6 Å². The molecule has 0 spiro atoms. The van der Waals surface area contributed by atoms with Crippen LogP contribution in [0.5, 0.6) is 5.75 Å². The number of carbonyl (C=O) groups is 1. The SMILES string of the molecule is CCOc1cccc(-c2nc(-c3cc(CCC(=O)C(C)(C)C)ccc3Cl)[nH]c(=O)n2)c1. The highest BCUT2D eigenvalue weighted by Crippen LogP contribution is 2.28. The molecule has 0 amide bonds. The van der Waals surface area contributed by atoms with Gasteiger partial charge in [-0.05, 0) is 43.2 Å². The number of ether oxygens (including phenoxy) is 1. The van der Waals surface area contributed by atoms with Crippen LogP contribution in [0.15, 0.2) is 47.3 Å². The number of H-pyrrole nitrogens is 1. The largest absolute Gasteiger partial charge is 0.494 e. The Labute approximate surface area is 186 Å². The van der Waals surface area contributed by atoms with Gasteiger partial charge in [-0.2, -0.15) is 4.98 Å². The van der Waals surface area contributed by atoms with Gasteiger partial charge in [-0.3, -0.25) is 9.78 Å². The number of rotatable bonds is 7. The van der Waals surface area contributed by atoms with Crippen molar-refractivity contribution >= 4 is 17.4 Å². The number of aromatic amines is 1. The predicted molar refractivity (Wildman–Crippen MR) is 122 cm³/mol. The van der Waals surface area contributed by atoms with Crippen molar-refractivity contribution in [1.82, 2.24) is 15.0 Å². The summed E-state index contributed by atoms with van der Waals surface area (Å²) in [6.07, 6.45) is 1.01. The summed E-state index contributed by atoms with van der Waals surface area (Å²) in [5.41, 5.74) is 1.30. The minimum Gasteiger partial charge on any atom is -0.494 e.